The van der Waals surface area contributed by atoms with Gasteiger partial charge in [-0.25, -0.2) is 0 Å². The van der Waals surface area contributed by atoms with Crippen molar-refractivity contribution in [3.63, 3.8) is 0 Å². The number of esters is 1. The molecule has 0 aliphatic rings. The standard InChI is InChI=1S/C21H25NO2/c1-3-4-15-22(18(2)20-13-9-6-10-14-20)16-21(23)24-17-19-11-7-5-8-12-19/h3,5-14,18H,1,4,15-17H2,2H3/t18-/m0/s1. The van der Waals surface area contributed by atoms with Gasteiger partial charge in [-0.15, -0.1) is 6.58 Å². The molecule has 0 N–H and O–H groups in total. The monoisotopic (exact) mass is 323 g/mol. The van der Waals surface area contributed by atoms with Gasteiger partial charge in [0.15, 0.2) is 0 Å². The number of ether oxygens (including phenoxy) is 1. The van der Waals surface area contributed by atoms with Gasteiger partial charge in [-0.3, -0.25) is 9.69 Å². The molecular weight excluding hydrogens is 298 g/mol. The van der Waals surface area contributed by atoms with Crippen LogP contribution >= 0.6 is 0 Å². The quantitative estimate of drug-likeness (QED) is 0.507. The minimum atomic E-state index is -0.203. The van der Waals surface area contributed by atoms with E-state index in [2.05, 4.69) is 30.5 Å². The molecule has 2 aromatic carbocycles. The molecule has 0 aliphatic carbocycles. The summed E-state index contributed by atoms with van der Waals surface area (Å²) in [7, 11) is 0. The Hall–Kier alpha value is -2.39. The van der Waals surface area contributed by atoms with E-state index in [9.17, 15) is 4.79 Å². The highest BCUT2D eigenvalue weighted by Crippen LogP contribution is 2.20. The number of carbonyl (C=O) groups excluding carboxylic acids is 1. The van der Waals surface area contributed by atoms with Gasteiger partial charge in [-0.05, 0) is 24.5 Å². The Balaban J connectivity index is 1.94. The van der Waals surface area contributed by atoms with Gasteiger partial charge >= 0.3 is 5.97 Å². The Morgan fingerprint density at radius 2 is 1.75 bits per heavy atom. The zero-order valence-electron chi connectivity index (χ0n) is 14.2. The molecule has 0 saturated heterocycles. The molecule has 24 heavy (non-hydrogen) atoms. The number of rotatable bonds is 9. The average molecular weight is 323 g/mol. The lowest BCUT2D eigenvalue weighted by Gasteiger charge is -2.28. The molecule has 0 aliphatic heterocycles. The highest BCUT2D eigenvalue weighted by molar-refractivity contribution is 5.71. The van der Waals surface area contributed by atoms with Crippen molar-refractivity contribution in [3.05, 3.63) is 84.4 Å². The molecule has 3 nitrogen and oxygen atoms in total. The Labute approximate surface area is 144 Å². The molecule has 1 atom stereocenters. The fraction of sp³-hybridized carbons (Fsp3) is 0.286. The van der Waals surface area contributed by atoms with E-state index in [1.807, 2.05) is 54.6 Å². The van der Waals surface area contributed by atoms with E-state index in [1.54, 1.807) is 0 Å². The summed E-state index contributed by atoms with van der Waals surface area (Å²) in [5.74, 6) is -0.203. The lowest BCUT2D eigenvalue weighted by atomic mass is 10.1. The van der Waals surface area contributed by atoms with Gasteiger partial charge in [0, 0.05) is 12.6 Å². The van der Waals surface area contributed by atoms with Gasteiger partial charge in [0.25, 0.3) is 0 Å². The summed E-state index contributed by atoms with van der Waals surface area (Å²) < 4.78 is 5.42. The van der Waals surface area contributed by atoms with E-state index in [1.165, 1.54) is 5.56 Å². The summed E-state index contributed by atoms with van der Waals surface area (Å²) in [4.78, 5) is 14.4. The predicted molar refractivity (Wildman–Crippen MR) is 97.5 cm³/mol. The second kappa shape index (κ2) is 9.68. The van der Waals surface area contributed by atoms with Crippen LogP contribution in [0.5, 0.6) is 0 Å². The van der Waals surface area contributed by atoms with Gasteiger partial charge < -0.3 is 4.74 Å². The molecule has 0 amide bonds. The minimum Gasteiger partial charge on any atom is -0.460 e. The van der Waals surface area contributed by atoms with Gasteiger partial charge in [-0.1, -0.05) is 66.7 Å². The van der Waals surface area contributed by atoms with Crippen LogP contribution in [0, 0.1) is 0 Å². The SMILES string of the molecule is C=CCCN(CC(=O)OCc1ccccc1)[C@@H](C)c1ccccc1. The first-order valence-electron chi connectivity index (χ1n) is 8.30. The van der Waals surface area contributed by atoms with Crippen LogP contribution in [0.25, 0.3) is 0 Å². The molecule has 0 fully saturated rings. The fourth-order valence-electron chi connectivity index (χ4n) is 2.56. The van der Waals surface area contributed by atoms with Crippen molar-refractivity contribution in [2.24, 2.45) is 0 Å². The Bertz CT molecular complexity index is 625. The first kappa shape index (κ1) is 18.0. The van der Waals surface area contributed by atoms with E-state index in [0.717, 1.165) is 18.5 Å². The second-order valence-electron chi connectivity index (χ2n) is 5.78. The third-order valence-corrected chi connectivity index (χ3v) is 4.02. The Morgan fingerprint density at radius 3 is 2.38 bits per heavy atom. The molecule has 2 aromatic rings. The summed E-state index contributed by atoms with van der Waals surface area (Å²) in [6, 6.07) is 20.1. The molecule has 0 aromatic heterocycles. The van der Waals surface area contributed by atoms with E-state index in [4.69, 9.17) is 4.74 Å². The molecule has 3 heteroatoms. The van der Waals surface area contributed by atoms with Crippen molar-refractivity contribution < 1.29 is 9.53 Å². The molecular formula is C21H25NO2. The average Bonchev–Trinajstić information content (AvgIpc) is 2.64. The van der Waals surface area contributed by atoms with E-state index >= 15 is 0 Å². The smallest absolute Gasteiger partial charge is 0.320 e. The third-order valence-electron chi connectivity index (χ3n) is 4.02. The lowest BCUT2D eigenvalue weighted by molar-refractivity contribution is -0.146. The normalized spacial score (nSPS) is 11.9. The maximum atomic E-state index is 12.2. The van der Waals surface area contributed by atoms with E-state index in [-0.39, 0.29) is 18.6 Å². The second-order valence-corrected chi connectivity index (χ2v) is 5.78. The first-order valence-corrected chi connectivity index (χ1v) is 8.30. The predicted octanol–water partition coefficient (Wildman–Crippen LogP) is 4.37. The molecule has 126 valence electrons. The summed E-state index contributed by atoms with van der Waals surface area (Å²) in [6.07, 6.45) is 2.71. The molecule has 0 bridgehead atoms. The van der Waals surface area contributed by atoms with Crippen molar-refractivity contribution in [2.45, 2.75) is 26.0 Å². The van der Waals surface area contributed by atoms with Crippen LogP contribution in [0.4, 0.5) is 0 Å². The maximum Gasteiger partial charge on any atom is 0.320 e. The first-order chi connectivity index (χ1) is 11.7. The van der Waals surface area contributed by atoms with E-state index < -0.39 is 0 Å². The number of benzene rings is 2. The van der Waals surface area contributed by atoms with Crippen LogP contribution in [0.15, 0.2) is 73.3 Å². The highest BCUT2D eigenvalue weighted by atomic mass is 16.5. The van der Waals surface area contributed by atoms with Crippen molar-refractivity contribution >= 4 is 5.97 Å². The minimum absolute atomic E-state index is 0.149. The van der Waals surface area contributed by atoms with Gasteiger partial charge in [0.05, 0.1) is 6.54 Å². The van der Waals surface area contributed by atoms with Gasteiger partial charge in [0.2, 0.25) is 0 Å². The maximum absolute atomic E-state index is 12.2. The Kier molecular flexibility index (Phi) is 7.24. The van der Waals surface area contributed by atoms with Crippen LogP contribution in [0.3, 0.4) is 0 Å². The van der Waals surface area contributed by atoms with Crippen LogP contribution in [0.1, 0.15) is 30.5 Å². The summed E-state index contributed by atoms with van der Waals surface area (Å²) in [5, 5.41) is 0. The summed E-state index contributed by atoms with van der Waals surface area (Å²) >= 11 is 0. The molecule has 0 unspecified atom stereocenters. The molecule has 0 heterocycles. The molecule has 0 saturated carbocycles. The highest BCUT2D eigenvalue weighted by Gasteiger charge is 2.19. The number of hydrogen-bond acceptors (Lipinski definition) is 3. The Morgan fingerprint density at radius 1 is 1.12 bits per heavy atom. The number of hydrogen-bond donors (Lipinski definition) is 0. The summed E-state index contributed by atoms with van der Waals surface area (Å²) in [5.41, 5.74) is 2.19. The van der Waals surface area contributed by atoms with Crippen LogP contribution < -0.4 is 0 Å². The van der Waals surface area contributed by atoms with Crippen LogP contribution in [-0.4, -0.2) is 24.0 Å². The van der Waals surface area contributed by atoms with Crippen molar-refractivity contribution in [1.29, 1.82) is 0 Å². The molecule has 0 spiro atoms. The zero-order valence-corrected chi connectivity index (χ0v) is 14.2. The number of nitrogens with zero attached hydrogens (tertiary/aromatic N) is 1. The lowest BCUT2D eigenvalue weighted by Crippen LogP contribution is -2.34. The van der Waals surface area contributed by atoms with Crippen molar-refractivity contribution in [2.75, 3.05) is 13.1 Å². The third kappa shape index (κ3) is 5.67. The van der Waals surface area contributed by atoms with Crippen LogP contribution in [-0.2, 0) is 16.1 Å². The van der Waals surface area contributed by atoms with Gasteiger partial charge in [0.1, 0.15) is 6.61 Å². The largest absolute Gasteiger partial charge is 0.460 e. The topological polar surface area (TPSA) is 29.5 Å². The zero-order chi connectivity index (χ0) is 17.2. The molecule has 0 radical (unpaired) electrons. The van der Waals surface area contributed by atoms with Crippen molar-refractivity contribution in [3.8, 4) is 0 Å². The van der Waals surface area contributed by atoms with E-state index in [0.29, 0.717) is 6.61 Å². The van der Waals surface area contributed by atoms with Gasteiger partial charge in [-0.2, -0.15) is 0 Å². The fourth-order valence-corrected chi connectivity index (χ4v) is 2.56. The van der Waals surface area contributed by atoms with Crippen LogP contribution in [0.2, 0.25) is 0 Å². The molecule has 2 rings (SSSR count). The van der Waals surface area contributed by atoms with Crippen molar-refractivity contribution in [1.82, 2.24) is 4.90 Å². The number of carbonyl (C=O) groups is 1. The summed E-state index contributed by atoms with van der Waals surface area (Å²) in [6.45, 7) is 7.26.